The van der Waals surface area contributed by atoms with Gasteiger partial charge in [-0.3, -0.25) is 4.99 Å². The summed E-state index contributed by atoms with van der Waals surface area (Å²) in [5.74, 6) is -0.174. The molecule has 84 valence electrons. The Morgan fingerprint density at radius 2 is 2.06 bits per heavy atom. The zero-order chi connectivity index (χ0) is 11.2. The zero-order valence-corrected chi connectivity index (χ0v) is 9.33. The van der Waals surface area contributed by atoms with Gasteiger partial charge >= 0.3 is 0 Å². The van der Waals surface area contributed by atoms with E-state index in [-0.39, 0.29) is 16.8 Å². The van der Waals surface area contributed by atoms with Crippen LogP contribution in [0.25, 0.3) is 0 Å². The van der Waals surface area contributed by atoms with E-state index < -0.39 is 0 Å². The van der Waals surface area contributed by atoms with Gasteiger partial charge in [-0.25, -0.2) is 4.39 Å². The van der Waals surface area contributed by atoms with Crippen molar-refractivity contribution in [2.45, 2.75) is 24.3 Å². The van der Waals surface area contributed by atoms with Gasteiger partial charge in [0, 0.05) is 12.8 Å². The lowest BCUT2D eigenvalue weighted by atomic mass is 9.59. The Morgan fingerprint density at radius 1 is 1.31 bits per heavy atom. The number of nitrogens with zero attached hydrogens (tertiary/aromatic N) is 1. The molecule has 2 atom stereocenters. The summed E-state index contributed by atoms with van der Waals surface area (Å²) in [4.78, 5) is 4.51. The summed E-state index contributed by atoms with van der Waals surface area (Å²) in [6, 6.07) is 6.87. The number of aliphatic imine (C=N–C) groups is 1. The van der Waals surface area contributed by atoms with Gasteiger partial charge in [-0.15, -0.1) is 0 Å². The maximum atomic E-state index is 12.9. The smallest absolute Gasteiger partial charge is 0.123 e. The van der Waals surface area contributed by atoms with Crippen LogP contribution in [0.15, 0.2) is 29.3 Å². The van der Waals surface area contributed by atoms with Crippen molar-refractivity contribution in [3.05, 3.63) is 35.6 Å². The molecule has 3 heteroatoms. The Balaban J connectivity index is 2.05. The van der Waals surface area contributed by atoms with Crippen molar-refractivity contribution < 1.29 is 4.39 Å². The molecule has 2 aliphatic rings. The molecule has 1 N–H and O–H groups in total. The predicted molar refractivity (Wildman–Crippen MR) is 62.5 cm³/mol. The number of hydrogen-bond donors (Lipinski definition) is 1. The summed E-state index contributed by atoms with van der Waals surface area (Å²) in [6.45, 7) is 4.07. The number of halogens is 1. The average molecular weight is 218 g/mol. The van der Waals surface area contributed by atoms with Crippen molar-refractivity contribution in [2.75, 3.05) is 13.1 Å². The van der Waals surface area contributed by atoms with E-state index in [2.05, 4.69) is 17.2 Å². The molecular formula is C13H15FN2. The Bertz CT molecular complexity index is 440. The largest absolute Gasteiger partial charge is 0.314 e. The van der Waals surface area contributed by atoms with Crippen molar-refractivity contribution in [1.82, 2.24) is 5.32 Å². The minimum Gasteiger partial charge on any atom is -0.314 e. The Kier molecular flexibility index (Phi) is 1.96. The first kappa shape index (κ1) is 9.97. The normalized spacial score (nSPS) is 36.6. The van der Waals surface area contributed by atoms with E-state index in [1.54, 1.807) is 12.1 Å². The number of piperidine rings is 1. The van der Waals surface area contributed by atoms with Crippen LogP contribution < -0.4 is 5.32 Å². The SMILES string of the molecule is CC12CNCCC1(c1ccc(F)cc1)C=N2. The van der Waals surface area contributed by atoms with Crippen LogP contribution in [0.3, 0.4) is 0 Å². The van der Waals surface area contributed by atoms with Gasteiger partial charge in [0.15, 0.2) is 0 Å². The number of nitrogens with one attached hydrogen (secondary N) is 1. The zero-order valence-electron chi connectivity index (χ0n) is 9.33. The summed E-state index contributed by atoms with van der Waals surface area (Å²) in [6.07, 6.45) is 3.08. The molecule has 1 aromatic rings. The highest BCUT2D eigenvalue weighted by Gasteiger charge is 2.55. The number of rotatable bonds is 1. The first-order valence-electron chi connectivity index (χ1n) is 5.70. The van der Waals surface area contributed by atoms with Crippen LogP contribution in [0.5, 0.6) is 0 Å². The lowest BCUT2D eigenvalue weighted by Gasteiger charge is -2.54. The van der Waals surface area contributed by atoms with Crippen LogP contribution in [0.2, 0.25) is 0 Å². The fourth-order valence-corrected chi connectivity index (χ4v) is 2.87. The second-order valence-corrected chi connectivity index (χ2v) is 4.94. The van der Waals surface area contributed by atoms with Gasteiger partial charge < -0.3 is 5.32 Å². The van der Waals surface area contributed by atoms with Crippen LogP contribution in [-0.2, 0) is 5.41 Å². The van der Waals surface area contributed by atoms with Gasteiger partial charge in [0.2, 0.25) is 0 Å². The molecule has 1 aromatic carbocycles. The van der Waals surface area contributed by atoms with E-state index >= 15 is 0 Å². The van der Waals surface area contributed by atoms with E-state index in [1.807, 2.05) is 18.3 Å². The molecule has 16 heavy (non-hydrogen) atoms. The Morgan fingerprint density at radius 3 is 2.62 bits per heavy atom. The van der Waals surface area contributed by atoms with Crippen molar-refractivity contribution >= 4 is 6.21 Å². The van der Waals surface area contributed by atoms with E-state index in [0.717, 1.165) is 19.5 Å². The third-order valence-electron chi connectivity index (χ3n) is 4.06. The van der Waals surface area contributed by atoms with Gasteiger partial charge in [0.25, 0.3) is 0 Å². The van der Waals surface area contributed by atoms with Crippen LogP contribution in [0, 0.1) is 5.82 Å². The Hall–Kier alpha value is -1.22. The highest BCUT2D eigenvalue weighted by atomic mass is 19.1. The predicted octanol–water partition coefficient (Wildman–Crippen LogP) is 1.90. The molecule has 2 nitrogen and oxygen atoms in total. The van der Waals surface area contributed by atoms with Crippen molar-refractivity contribution in [1.29, 1.82) is 0 Å². The maximum Gasteiger partial charge on any atom is 0.123 e. The molecule has 0 aliphatic carbocycles. The summed E-state index contributed by atoms with van der Waals surface area (Å²) >= 11 is 0. The van der Waals surface area contributed by atoms with Gasteiger partial charge in [-0.2, -0.15) is 0 Å². The van der Waals surface area contributed by atoms with Gasteiger partial charge in [0.05, 0.1) is 11.0 Å². The highest BCUT2D eigenvalue weighted by Crippen LogP contribution is 2.47. The molecule has 0 radical (unpaired) electrons. The number of hydrogen-bond acceptors (Lipinski definition) is 2. The maximum absolute atomic E-state index is 12.9. The van der Waals surface area contributed by atoms with Gasteiger partial charge in [-0.1, -0.05) is 12.1 Å². The third-order valence-corrected chi connectivity index (χ3v) is 4.06. The minimum absolute atomic E-state index is 0.0198. The highest BCUT2D eigenvalue weighted by molar-refractivity contribution is 5.83. The molecule has 1 saturated heterocycles. The minimum atomic E-state index is -0.174. The number of benzene rings is 1. The van der Waals surface area contributed by atoms with E-state index in [4.69, 9.17) is 0 Å². The van der Waals surface area contributed by atoms with Crippen molar-refractivity contribution in [2.24, 2.45) is 4.99 Å². The fraction of sp³-hybridized carbons (Fsp3) is 0.462. The van der Waals surface area contributed by atoms with E-state index in [0.29, 0.717) is 0 Å². The molecule has 0 aromatic heterocycles. The fourth-order valence-electron chi connectivity index (χ4n) is 2.87. The molecule has 0 bridgehead atoms. The topological polar surface area (TPSA) is 24.4 Å². The molecule has 0 saturated carbocycles. The molecule has 1 fully saturated rings. The summed E-state index contributed by atoms with van der Waals surface area (Å²) < 4.78 is 12.9. The standard InChI is InChI=1S/C13H15FN2/c1-12-8-15-7-6-13(12,9-16-12)10-2-4-11(14)5-3-10/h2-5,9,15H,6-8H2,1H3. The quantitative estimate of drug-likeness (QED) is 0.765. The molecule has 0 amide bonds. The van der Waals surface area contributed by atoms with Crippen LogP contribution in [0.4, 0.5) is 4.39 Å². The van der Waals surface area contributed by atoms with Crippen molar-refractivity contribution in [3.63, 3.8) is 0 Å². The summed E-state index contributed by atoms with van der Waals surface area (Å²) in [7, 11) is 0. The molecule has 2 heterocycles. The van der Waals surface area contributed by atoms with Gasteiger partial charge in [0.1, 0.15) is 5.82 Å². The summed E-state index contributed by atoms with van der Waals surface area (Å²) in [5, 5.41) is 3.37. The molecule has 2 unspecified atom stereocenters. The second kappa shape index (κ2) is 3.14. The Labute approximate surface area is 94.6 Å². The van der Waals surface area contributed by atoms with Crippen LogP contribution in [-0.4, -0.2) is 24.8 Å². The van der Waals surface area contributed by atoms with Crippen LogP contribution in [0.1, 0.15) is 18.9 Å². The molecular weight excluding hydrogens is 203 g/mol. The van der Waals surface area contributed by atoms with Gasteiger partial charge in [-0.05, 0) is 37.6 Å². The molecule has 0 spiro atoms. The lowest BCUT2D eigenvalue weighted by molar-refractivity contribution is 0.215. The third kappa shape index (κ3) is 1.12. The van der Waals surface area contributed by atoms with Crippen LogP contribution >= 0.6 is 0 Å². The average Bonchev–Trinajstić information content (AvgIpc) is 2.27. The number of fused-ring (bicyclic) bond motifs is 1. The molecule has 3 rings (SSSR count). The van der Waals surface area contributed by atoms with Crippen molar-refractivity contribution in [3.8, 4) is 0 Å². The first-order chi connectivity index (χ1) is 7.66. The molecule has 2 aliphatic heterocycles. The summed E-state index contributed by atoms with van der Waals surface area (Å²) in [5.41, 5.74) is 1.16. The second-order valence-electron chi connectivity index (χ2n) is 4.94. The van der Waals surface area contributed by atoms with E-state index in [9.17, 15) is 4.39 Å². The first-order valence-corrected chi connectivity index (χ1v) is 5.70. The monoisotopic (exact) mass is 218 g/mol. The van der Waals surface area contributed by atoms with E-state index in [1.165, 1.54) is 5.56 Å². The lowest BCUT2D eigenvalue weighted by Crippen LogP contribution is -2.65.